The molecule has 0 aliphatic rings. The highest BCUT2D eigenvalue weighted by atomic mass is 16.6. The van der Waals surface area contributed by atoms with Crippen LogP contribution in [0.2, 0.25) is 0 Å². The van der Waals surface area contributed by atoms with Gasteiger partial charge in [0.05, 0.1) is 23.5 Å². The number of hydrogen-bond donors (Lipinski definition) is 2. The van der Waals surface area contributed by atoms with Gasteiger partial charge in [-0.05, 0) is 18.6 Å². The summed E-state index contributed by atoms with van der Waals surface area (Å²) in [5.41, 5.74) is 1.75. The summed E-state index contributed by atoms with van der Waals surface area (Å²) in [5, 5.41) is 13.3. The van der Waals surface area contributed by atoms with E-state index in [-0.39, 0.29) is 11.6 Å². The molecule has 0 aliphatic carbocycles. The van der Waals surface area contributed by atoms with Crippen molar-refractivity contribution in [2.75, 3.05) is 0 Å². The molecule has 0 spiro atoms. The topological polar surface area (TPSA) is 101 Å². The number of nitro groups is 1. The molecule has 0 unspecified atom stereocenters. The lowest BCUT2D eigenvalue weighted by atomic mass is 10.1. The van der Waals surface area contributed by atoms with Crippen molar-refractivity contribution in [1.82, 2.24) is 15.3 Å². The van der Waals surface area contributed by atoms with E-state index in [2.05, 4.69) is 15.3 Å². The molecular weight excluding hydrogens is 248 g/mol. The first-order chi connectivity index (χ1) is 9.08. The number of H-pyrrole nitrogens is 1. The Bertz CT molecular complexity index is 607. The Morgan fingerprint density at radius 2 is 2.32 bits per heavy atom. The summed E-state index contributed by atoms with van der Waals surface area (Å²) < 4.78 is 0. The van der Waals surface area contributed by atoms with Crippen LogP contribution in [0.5, 0.6) is 0 Å². The van der Waals surface area contributed by atoms with Crippen molar-refractivity contribution in [1.29, 1.82) is 0 Å². The molecule has 98 valence electrons. The number of carbonyl (C=O) groups excluding carboxylic acids is 1. The molecule has 0 fully saturated rings. The SMILES string of the molecule is Cc1cc([N+](=O)[O-])ccc1C(=O)NCc1cnc[nH]1. The van der Waals surface area contributed by atoms with Gasteiger partial charge in [-0.1, -0.05) is 0 Å². The summed E-state index contributed by atoms with van der Waals surface area (Å²) in [4.78, 5) is 28.8. The number of imidazole rings is 1. The largest absolute Gasteiger partial charge is 0.347 e. The predicted octanol–water partition coefficient (Wildman–Crippen LogP) is 1.56. The van der Waals surface area contributed by atoms with Gasteiger partial charge >= 0.3 is 0 Å². The van der Waals surface area contributed by atoms with Gasteiger partial charge in [0.15, 0.2) is 0 Å². The van der Waals surface area contributed by atoms with E-state index in [1.165, 1.54) is 24.5 Å². The van der Waals surface area contributed by atoms with Gasteiger partial charge in [-0.25, -0.2) is 4.98 Å². The highest BCUT2D eigenvalue weighted by molar-refractivity contribution is 5.95. The number of aromatic nitrogens is 2. The number of amides is 1. The van der Waals surface area contributed by atoms with Crippen molar-refractivity contribution in [3.63, 3.8) is 0 Å². The fourth-order valence-corrected chi connectivity index (χ4v) is 1.67. The van der Waals surface area contributed by atoms with Crippen molar-refractivity contribution in [2.45, 2.75) is 13.5 Å². The minimum Gasteiger partial charge on any atom is -0.347 e. The summed E-state index contributed by atoms with van der Waals surface area (Å²) in [6.07, 6.45) is 3.14. The minimum atomic E-state index is -0.487. The Balaban J connectivity index is 2.09. The second-order valence-corrected chi connectivity index (χ2v) is 4.02. The summed E-state index contributed by atoms with van der Waals surface area (Å²) in [6, 6.07) is 4.15. The Kier molecular flexibility index (Phi) is 3.56. The molecule has 2 rings (SSSR count). The minimum absolute atomic E-state index is 0.0254. The molecule has 0 atom stereocenters. The first-order valence-electron chi connectivity index (χ1n) is 5.58. The van der Waals surface area contributed by atoms with Gasteiger partial charge in [-0.3, -0.25) is 14.9 Å². The van der Waals surface area contributed by atoms with Crippen LogP contribution < -0.4 is 5.32 Å². The molecule has 0 aliphatic heterocycles. The maximum atomic E-state index is 11.9. The zero-order chi connectivity index (χ0) is 13.8. The van der Waals surface area contributed by atoms with E-state index >= 15 is 0 Å². The predicted molar refractivity (Wildman–Crippen MR) is 67.6 cm³/mol. The summed E-state index contributed by atoms with van der Waals surface area (Å²) in [6.45, 7) is 1.99. The van der Waals surface area contributed by atoms with Crippen LogP contribution in [0.15, 0.2) is 30.7 Å². The normalized spacial score (nSPS) is 10.2. The average Bonchev–Trinajstić information content (AvgIpc) is 2.88. The van der Waals surface area contributed by atoms with E-state index in [4.69, 9.17) is 0 Å². The highest BCUT2D eigenvalue weighted by Crippen LogP contribution is 2.17. The molecule has 1 amide bonds. The Hall–Kier alpha value is -2.70. The molecule has 1 aromatic heterocycles. The molecule has 1 aromatic carbocycles. The first-order valence-corrected chi connectivity index (χ1v) is 5.58. The molecule has 2 aromatic rings. The summed E-state index contributed by atoms with van der Waals surface area (Å²) >= 11 is 0. The van der Waals surface area contributed by atoms with E-state index in [9.17, 15) is 14.9 Å². The lowest BCUT2D eigenvalue weighted by Crippen LogP contribution is -2.23. The molecule has 1 heterocycles. The van der Waals surface area contributed by atoms with Gasteiger partial charge in [-0.2, -0.15) is 0 Å². The third-order valence-corrected chi connectivity index (χ3v) is 2.66. The Labute approximate surface area is 108 Å². The molecule has 0 saturated carbocycles. The Morgan fingerprint density at radius 1 is 1.53 bits per heavy atom. The monoisotopic (exact) mass is 260 g/mol. The van der Waals surface area contributed by atoms with Gasteiger partial charge in [0.25, 0.3) is 11.6 Å². The van der Waals surface area contributed by atoms with Crippen molar-refractivity contribution in [3.05, 3.63) is 57.7 Å². The van der Waals surface area contributed by atoms with Crippen LogP contribution in [0.4, 0.5) is 5.69 Å². The third-order valence-electron chi connectivity index (χ3n) is 2.66. The van der Waals surface area contributed by atoms with E-state index in [0.29, 0.717) is 17.7 Å². The first kappa shape index (κ1) is 12.7. The standard InChI is InChI=1S/C12H12N4O3/c1-8-4-10(16(18)19)2-3-11(8)12(17)14-6-9-5-13-7-15-9/h2-5,7H,6H2,1H3,(H,13,15)(H,14,17). The molecular formula is C12H12N4O3. The van der Waals surface area contributed by atoms with Crippen LogP contribution in [0, 0.1) is 17.0 Å². The van der Waals surface area contributed by atoms with Crippen molar-refractivity contribution in [2.24, 2.45) is 0 Å². The average molecular weight is 260 g/mol. The smallest absolute Gasteiger partial charge is 0.269 e. The van der Waals surface area contributed by atoms with Crippen molar-refractivity contribution in [3.8, 4) is 0 Å². The lowest BCUT2D eigenvalue weighted by Gasteiger charge is -2.06. The quantitative estimate of drug-likeness (QED) is 0.643. The van der Waals surface area contributed by atoms with E-state index < -0.39 is 4.92 Å². The van der Waals surface area contributed by atoms with E-state index in [1.807, 2.05) is 0 Å². The molecule has 19 heavy (non-hydrogen) atoms. The number of nitrogens with one attached hydrogen (secondary N) is 2. The maximum absolute atomic E-state index is 11.9. The van der Waals surface area contributed by atoms with Crippen LogP contribution in [0.3, 0.4) is 0 Å². The van der Waals surface area contributed by atoms with Crippen molar-refractivity contribution >= 4 is 11.6 Å². The zero-order valence-corrected chi connectivity index (χ0v) is 10.2. The van der Waals surface area contributed by atoms with Crippen molar-refractivity contribution < 1.29 is 9.72 Å². The number of aromatic amines is 1. The van der Waals surface area contributed by atoms with E-state index in [0.717, 1.165) is 5.69 Å². The van der Waals surface area contributed by atoms with Gasteiger partial charge in [0, 0.05) is 23.9 Å². The number of hydrogen-bond acceptors (Lipinski definition) is 4. The van der Waals surface area contributed by atoms with Crippen LogP contribution >= 0.6 is 0 Å². The highest BCUT2D eigenvalue weighted by Gasteiger charge is 2.13. The fraction of sp³-hybridized carbons (Fsp3) is 0.167. The van der Waals surface area contributed by atoms with Crippen LogP contribution in [0.25, 0.3) is 0 Å². The summed E-state index contributed by atoms with van der Waals surface area (Å²) in [7, 11) is 0. The number of rotatable bonds is 4. The second-order valence-electron chi connectivity index (χ2n) is 4.02. The number of carbonyl (C=O) groups is 1. The molecule has 0 saturated heterocycles. The van der Waals surface area contributed by atoms with Crippen LogP contribution in [-0.2, 0) is 6.54 Å². The fourth-order valence-electron chi connectivity index (χ4n) is 1.67. The maximum Gasteiger partial charge on any atom is 0.269 e. The summed E-state index contributed by atoms with van der Waals surface area (Å²) in [5.74, 6) is -0.276. The number of non-ortho nitro benzene ring substituents is 1. The van der Waals surface area contributed by atoms with Gasteiger partial charge in [0.2, 0.25) is 0 Å². The van der Waals surface area contributed by atoms with Crippen LogP contribution in [0.1, 0.15) is 21.6 Å². The zero-order valence-electron chi connectivity index (χ0n) is 10.2. The van der Waals surface area contributed by atoms with Gasteiger partial charge in [0.1, 0.15) is 0 Å². The third kappa shape index (κ3) is 2.95. The Morgan fingerprint density at radius 3 is 2.89 bits per heavy atom. The number of nitro benzene ring substituents is 1. The number of aryl methyl sites for hydroxylation is 1. The molecule has 0 bridgehead atoms. The number of benzene rings is 1. The molecule has 0 radical (unpaired) electrons. The van der Waals surface area contributed by atoms with E-state index in [1.54, 1.807) is 13.1 Å². The number of nitrogens with zero attached hydrogens (tertiary/aromatic N) is 2. The molecule has 7 heteroatoms. The molecule has 2 N–H and O–H groups in total. The molecule has 7 nitrogen and oxygen atoms in total. The van der Waals surface area contributed by atoms with Gasteiger partial charge in [-0.15, -0.1) is 0 Å². The lowest BCUT2D eigenvalue weighted by molar-refractivity contribution is -0.384. The van der Waals surface area contributed by atoms with Crippen LogP contribution in [-0.4, -0.2) is 20.8 Å². The van der Waals surface area contributed by atoms with Gasteiger partial charge < -0.3 is 10.3 Å². The second kappa shape index (κ2) is 5.30.